The standard InChI is InChI=1S/C13H26N2O/c1-10(2)13(3,4)9-14-8-12(16)15-7-11-5-6-11/h10-11,14H,5-9H2,1-4H3,(H,15,16). The van der Waals surface area contributed by atoms with Crippen molar-refractivity contribution in [1.29, 1.82) is 0 Å². The Labute approximate surface area is 99.4 Å². The molecule has 0 aliphatic heterocycles. The molecule has 0 aromatic rings. The average molecular weight is 226 g/mol. The molecule has 0 unspecified atom stereocenters. The number of hydrogen-bond donors (Lipinski definition) is 2. The van der Waals surface area contributed by atoms with Crippen LogP contribution in [0, 0.1) is 17.3 Å². The molecule has 2 N–H and O–H groups in total. The highest BCUT2D eigenvalue weighted by molar-refractivity contribution is 5.77. The largest absolute Gasteiger partial charge is 0.355 e. The summed E-state index contributed by atoms with van der Waals surface area (Å²) in [6.45, 7) is 11.1. The van der Waals surface area contributed by atoms with E-state index in [-0.39, 0.29) is 11.3 Å². The van der Waals surface area contributed by atoms with Crippen LogP contribution in [0.2, 0.25) is 0 Å². The lowest BCUT2D eigenvalue weighted by molar-refractivity contribution is -0.120. The zero-order valence-corrected chi connectivity index (χ0v) is 11.1. The lowest BCUT2D eigenvalue weighted by Gasteiger charge is -2.29. The maximum atomic E-state index is 11.5. The SMILES string of the molecule is CC(C)C(C)(C)CNCC(=O)NCC1CC1. The Morgan fingerprint density at radius 2 is 2.00 bits per heavy atom. The monoisotopic (exact) mass is 226 g/mol. The first-order valence-electron chi connectivity index (χ1n) is 6.39. The second-order valence-electron chi connectivity index (χ2n) is 5.99. The highest BCUT2D eigenvalue weighted by atomic mass is 16.1. The second kappa shape index (κ2) is 5.67. The van der Waals surface area contributed by atoms with E-state index in [1.807, 2.05) is 0 Å². The van der Waals surface area contributed by atoms with Gasteiger partial charge >= 0.3 is 0 Å². The molecular weight excluding hydrogens is 200 g/mol. The number of carbonyl (C=O) groups is 1. The normalized spacial score (nSPS) is 16.6. The Morgan fingerprint density at radius 1 is 1.38 bits per heavy atom. The van der Waals surface area contributed by atoms with E-state index in [4.69, 9.17) is 0 Å². The molecule has 94 valence electrons. The lowest BCUT2D eigenvalue weighted by atomic mass is 9.81. The summed E-state index contributed by atoms with van der Waals surface area (Å²) < 4.78 is 0. The second-order valence-corrected chi connectivity index (χ2v) is 5.99. The van der Waals surface area contributed by atoms with Crippen LogP contribution in [-0.4, -0.2) is 25.5 Å². The van der Waals surface area contributed by atoms with Crippen LogP contribution >= 0.6 is 0 Å². The zero-order chi connectivity index (χ0) is 12.2. The van der Waals surface area contributed by atoms with Crippen LogP contribution in [0.5, 0.6) is 0 Å². The van der Waals surface area contributed by atoms with Crippen molar-refractivity contribution < 1.29 is 4.79 Å². The van der Waals surface area contributed by atoms with Crippen LogP contribution in [0.15, 0.2) is 0 Å². The number of rotatable bonds is 7. The summed E-state index contributed by atoms with van der Waals surface area (Å²) in [5.74, 6) is 1.51. The van der Waals surface area contributed by atoms with Gasteiger partial charge in [0, 0.05) is 13.1 Å². The minimum atomic E-state index is 0.131. The van der Waals surface area contributed by atoms with Crippen molar-refractivity contribution in [3.63, 3.8) is 0 Å². The maximum Gasteiger partial charge on any atom is 0.233 e. The van der Waals surface area contributed by atoms with Crippen LogP contribution in [0.3, 0.4) is 0 Å². The van der Waals surface area contributed by atoms with Crippen molar-refractivity contribution >= 4 is 5.91 Å². The van der Waals surface area contributed by atoms with Gasteiger partial charge in [0.2, 0.25) is 5.91 Å². The van der Waals surface area contributed by atoms with Crippen LogP contribution in [0.4, 0.5) is 0 Å². The third-order valence-corrected chi connectivity index (χ3v) is 3.71. The van der Waals surface area contributed by atoms with Crippen molar-refractivity contribution in [3.05, 3.63) is 0 Å². The van der Waals surface area contributed by atoms with E-state index in [9.17, 15) is 4.79 Å². The van der Waals surface area contributed by atoms with Crippen LogP contribution in [0.25, 0.3) is 0 Å². The first kappa shape index (κ1) is 13.5. The van der Waals surface area contributed by atoms with E-state index in [2.05, 4.69) is 38.3 Å². The third kappa shape index (κ3) is 4.97. The molecular formula is C13H26N2O. The van der Waals surface area contributed by atoms with Gasteiger partial charge in [-0.2, -0.15) is 0 Å². The van der Waals surface area contributed by atoms with Crippen molar-refractivity contribution in [3.8, 4) is 0 Å². The molecule has 1 saturated carbocycles. The molecule has 0 saturated heterocycles. The Kier molecular flexibility index (Phi) is 4.78. The highest BCUT2D eigenvalue weighted by Gasteiger charge is 2.23. The Bertz CT molecular complexity index is 232. The maximum absolute atomic E-state index is 11.5. The summed E-state index contributed by atoms with van der Waals surface area (Å²) >= 11 is 0. The smallest absolute Gasteiger partial charge is 0.233 e. The highest BCUT2D eigenvalue weighted by Crippen LogP contribution is 2.27. The molecule has 3 heteroatoms. The van der Waals surface area contributed by atoms with Gasteiger partial charge in [0.15, 0.2) is 0 Å². The quantitative estimate of drug-likeness (QED) is 0.695. The van der Waals surface area contributed by atoms with Gasteiger partial charge in [-0.25, -0.2) is 0 Å². The summed E-state index contributed by atoms with van der Waals surface area (Å²) in [7, 11) is 0. The van der Waals surface area contributed by atoms with E-state index >= 15 is 0 Å². The fourth-order valence-corrected chi connectivity index (χ4v) is 1.34. The molecule has 1 amide bonds. The summed E-state index contributed by atoms with van der Waals surface area (Å²) in [5.41, 5.74) is 0.247. The van der Waals surface area contributed by atoms with Crippen molar-refractivity contribution in [2.24, 2.45) is 17.3 Å². The summed E-state index contributed by atoms with van der Waals surface area (Å²) in [5, 5.41) is 6.20. The first-order valence-corrected chi connectivity index (χ1v) is 6.39. The Morgan fingerprint density at radius 3 is 2.50 bits per heavy atom. The topological polar surface area (TPSA) is 41.1 Å². The van der Waals surface area contributed by atoms with E-state index in [1.165, 1.54) is 12.8 Å². The van der Waals surface area contributed by atoms with Gasteiger partial charge in [-0.05, 0) is 30.1 Å². The van der Waals surface area contributed by atoms with Crippen LogP contribution in [0.1, 0.15) is 40.5 Å². The van der Waals surface area contributed by atoms with Gasteiger partial charge < -0.3 is 10.6 Å². The van der Waals surface area contributed by atoms with Crippen LogP contribution < -0.4 is 10.6 Å². The van der Waals surface area contributed by atoms with Gasteiger partial charge in [-0.15, -0.1) is 0 Å². The Balaban J connectivity index is 2.06. The van der Waals surface area contributed by atoms with E-state index in [1.54, 1.807) is 0 Å². The molecule has 3 nitrogen and oxygen atoms in total. The molecule has 1 aliphatic rings. The molecule has 0 aromatic carbocycles. The number of amides is 1. The molecule has 0 spiro atoms. The zero-order valence-electron chi connectivity index (χ0n) is 11.1. The van der Waals surface area contributed by atoms with Gasteiger partial charge in [0.05, 0.1) is 6.54 Å². The average Bonchev–Trinajstić information content (AvgIpc) is 2.97. The summed E-state index contributed by atoms with van der Waals surface area (Å²) in [4.78, 5) is 11.5. The van der Waals surface area contributed by atoms with Crippen molar-refractivity contribution in [2.45, 2.75) is 40.5 Å². The molecule has 0 aromatic heterocycles. The van der Waals surface area contributed by atoms with Gasteiger partial charge in [0.25, 0.3) is 0 Å². The molecule has 16 heavy (non-hydrogen) atoms. The molecule has 1 aliphatic carbocycles. The number of carbonyl (C=O) groups excluding carboxylic acids is 1. The molecule has 0 bridgehead atoms. The fourth-order valence-electron chi connectivity index (χ4n) is 1.34. The van der Waals surface area contributed by atoms with E-state index < -0.39 is 0 Å². The summed E-state index contributed by atoms with van der Waals surface area (Å²) in [6, 6.07) is 0. The van der Waals surface area contributed by atoms with E-state index in [0.717, 1.165) is 19.0 Å². The minimum Gasteiger partial charge on any atom is -0.355 e. The first-order chi connectivity index (χ1) is 7.42. The van der Waals surface area contributed by atoms with Crippen molar-refractivity contribution in [2.75, 3.05) is 19.6 Å². The summed E-state index contributed by atoms with van der Waals surface area (Å²) in [6.07, 6.45) is 2.57. The minimum absolute atomic E-state index is 0.131. The van der Waals surface area contributed by atoms with Gasteiger partial charge in [-0.3, -0.25) is 4.79 Å². The molecule has 1 rings (SSSR count). The van der Waals surface area contributed by atoms with E-state index in [0.29, 0.717) is 12.5 Å². The molecule has 1 fully saturated rings. The van der Waals surface area contributed by atoms with Crippen LogP contribution in [-0.2, 0) is 4.79 Å². The Hall–Kier alpha value is -0.570. The predicted octanol–water partition coefficient (Wildman–Crippen LogP) is 1.78. The predicted molar refractivity (Wildman–Crippen MR) is 67.2 cm³/mol. The third-order valence-electron chi connectivity index (χ3n) is 3.71. The van der Waals surface area contributed by atoms with Crippen molar-refractivity contribution in [1.82, 2.24) is 10.6 Å². The number of nitrogens with one attached hydrogen (secondary N) is 2. The lowest BCUT2D eigenvalue weighted by Crippen LogP contribution is -2.40. The fraction of sp³-hybridized carbons (Fsp3) is 0.923. The van der Waals surface area contributed by atoms with Gasteiger partial charge in [0.1, 0.15) is 0 Å². The molecule has 0 atom stereocenters. The number of hydrogen-bond acceptors (Lipinski definition) is 2. The molecule has 0 radical (unpaired) electrons. The van der Waals surface area contributed by atoms with Gasteiger partial charge in [-0.1, -0.05) is 27.7 Å². The molecule has 0 heterocycles.